The van der Waals surface area contributed by atoms with Gasteiger partial charge in [0.2, 0.25) is 0 Å². The minimum absolute atomic E-state index is 0.193. The van der Waals surface area contributed by atoms with Crippen LogP contribution in [0.2, 0.25) is 5.02 Å². The number of aliphatic carboxylic acids is 1. The van der Waals surface area contributed by atoms with Crippen LogP contribution in [0, 0.1) is 0 Å². The van der Waals surface area contributed by atoms with E-state index in [4.69, 9.17) is 16.3 Å². The van der Waals surface area contributed by atoms with Gasteiger partial charge in [-0.25, -0.2) is 4.79 Å². The lowest BCUT2D eigenvalue weighted by Gasteiger charge is -2.16. The topological polar surface area (TPSA) is 46.5 Å². The molecule has 0 aliphatic carbocycles. The summed E-state index contributed by atoms with van der Waals surface area (Å²) in [4.78, 5) is 11.3. The molecule has 0 aliphatic rings. The average molecular weight is 345 g/mol. The van der Waals surface area contributed by atoms with Crippen LogP contribution in [0.4, 0.5) is 13.2 Å². The molecule has 7 heteroatoms. The van der Waals surface area contributed by atoms with E-state index >= 15 is 0 Å². The Balaban J connectivity index is 2.16. The molecule has 0 saturated heterocycles. The van der Waals surface area contributed by atoms with Gasteiger partial charge < -0.3 is 9.84 Å². The molecule has 1 N–H and O–H groups in total. The van der Waals surface area contributed by atoms with Crippen molar-refractivity contribution in [2.24, 2.45) is 0 Å². The second kappa shape index (κ2) is 6.91. The lowest BCUT2D eigenvalue weighted by molar-refractivity contribution is -0.145. The fourth-order valence-corrected chi connectivity index (χ4v) is 2.07. The lowest BCUT2D eigenvalue weighted by Crippen LogP contribution is -2.29. The van der Waals surface area contributed by atoms with E-state index in [-0.39, 0.29) is 17.7 Å². The first-order valence-electron chi connectivity index (χ1n) is 6.57. The molecular weight excluding hydrogens is 333 g/mol. The number of carbonyl (C=O) groups is 1. The molecule has 0 aromatic heterocycles. The van der Waals surface area contributed by atoms with E-state index in [9.17, 15) is 23.1 Å². The van der Waals surface area contributed by atoms with Crippen molar-refractivity contribution in [2.45, 2.75) is 18.7 Å². The molecule has 2 aromatic carbocycles. The molecule has 0 spiro atoms. The van der Waals surface area contributed by atoms with Gasteiger partial charge in [0.15, 0.2) is 6.10 Å². The van der Waals surface area contributed by atoms with Crippen LogP contribution in [-0.4, -0.2) is 17.2 Å². The molecule has 2 aromatic rings. The zero-order valence-electron chi connectivity index (χ0n) is 11.7. The Hall–Kier alpha value is -2.21. The van der Waals surface area contributed by atoms with Gasteiger partial charge in [-0.3, -0.25) is 0 Å². The molecule has 0 unspecified atom stereocenters. The number of hydrogen-bond donors (Lipinski definition) is 1. The zero-order valence-corrected chi connectivity index (χ0v) is 12.4. The van der Waals surface area contributed by atoms with Crippen LogP contribution in [0.25, 0.3) is 0 Å². The van der Waals surface area contributed by atoms with Gasteiger partial charge in [0.1, 0.15) is 5.75 Å². The normalized spacial score (nSPS) is 12.7. The predicted molar refractivity (Wildman–Crippen MR) is 78.7 cm³/mol. The fourth-order valence-electron chi connectivity index (χ4n) is 1.95. The number of halogens is 4. The fraction of sp³-hybridized carbons (Fsp3) is 0.188. The van der Waals surface area contributed by atoms with Crippen molar-refractivity contribution < 1.29 is 27.8 Å². The second-order valence-corrected chi connectivity index (χ2v) is 5.24. The highest BCUT2D eigenvalue weighted by Crippen LogP contribution is 2.30. The van der Waals surface area contributed by atoms with E-state index in [1.807, 2.05) is 0 Å². The molecule has 0 radical (unpaired) electrons. The maximum atomic E-state index is 12.7. The Kier molecular flexibility index (Phi) is 5.15. The molecule has 0 bridgehead atoms. The van der Waals surface area contributed by atoms with Crippen LogP contribution in [0.15, 0.2) is 48.5 Å². The number of carboxylic acid groups (broad SMARTS) is 1. The summed E-state index contributed by atoms with van der Waals surface area (Å²) in [6.45, 7) is 0. The van der Waals surface area contributed by atoms with Crippen LogP contribution in [0.3, 0.4) is 0 Å². The Morgan fingerprint density at radius 1 is 1.17 bits per heavy atom. The molecule has 0 saturated carbocycles. The molecular formula is C16H12ClF3O3. The molecule has 0 heterocycles. The summed E-state index contributed by atoms with van der Waals surface area (Å²) in [5.41, 5.74) is -0.605. The third-order valence-corrected chi connectivity index (χ3v) is 3.29. The molecule has 2 rings (SSSR count). The standard InChI is InChI=1S/C16H12ClF3O3/c17-12-4-6-13(7-5-12)23-14(15(21)22)9-10-2-1-3-11(8-10)16(18,19)20/h1-8,14H,9H2,(H,21,22)/t14-/m0/s1. The monoisotopic (exact) mass is 344 g/mol. The highest BCUT2D eigenvalue weighted by Gasteiger charge is 2.31. The molecule has 23 heavy (non-hydrogen) atoms. The summed E-state index contributed by atoms with van der Waals surface area (Å²) in [7, 11) is 0. The largest absolute Gasteiger partial charge is 0.478 e. The van der Waals surface area contributed by atoms with Gasteiger partial charge >= 0.3 is 12.1 Å². The zero-order chi connectivity index (χ0) is 17.0. The van der Waals surface area contributed by atoms with E-state index in [1.54, 1.807) is 0 Å². The average Bonchev–Trinajstić information content (AvgIpc) is 2.48. The number of rotatable bonds is 5. The van der Waals surface area contributed by atoms with Crippen molar-refractivity contribution in [3.8, 4) is 5.75 Å². The quantitative estimate of drug-likeness (QED) is 0.872. The van der Waals surface area contributed by atoms with Gasteiger partial charge in [0.25, 0.3) is 0 Å². The highest BCUT2D eigenvalue weighted by atomic mass is 35.5. The van der Waals surface area contributed by atoms with Gasteiger partial charge in [0.05, 0.1) is 5.56 Å². The SMILES string of the molecule is O=C(O)[C@H](Cc1cccc(C(F)(F)F)c1)Oc1ccc(Cl)cc1. The maximum absolute atomic E-state index is 12.7. The van der Waals surface area contributed by atoms with Crippen molar-refractivity contribution in [3.05, 3.63) is 64.7 Å². The van der Waals surface area contributed by atoms with Gasteiger partial charge in [-0.15, -0.1) is 0 Å². The number of alkyl halides is 3. The van der Waals surface area contributed by atoms with E-state index in [0.29, 0.717) is 5.02 Å². The smallest absolute Gasteiger partial charge is 0.416 e. The van der Waals surface area contributed by atoms with Crippen molar-refractivity contribution in [1.29, 1.82) is 0 Å². The second-order valence-electron chi connectivity index (χ2n) is 4.80. The Bertz CT molecular complexity index is 684. The van der Waals surface area contributed by atoms with Gasteiger partial charge in [0, 0.05) is 11.4 Å². The van der Waals surface area contributed by atoms with Gasteiger partial charge in [-0.1, -0.05) is 29.8 Å². The summed E-state index contributed by atoms with van der Waals surface area (Å²) >= 11 is 5.72. The van der Waals surface area contributed by atoms with Crippen LogP contribution in [-0.2, 0) is 17.4 Å². The van der Waals surface area contributed by atoms with E-state index in [1.165, 1.54) is 36.4 Å². The van der Waals surface area contributed by atoms with Crippen molar-refractivity contribution in [3.63, 3.8) is 0 Å². The van der Waals surface area contributed by atoms with Crippen molar-refractivity contribution in [1.82, 2.24) is 0 Å². The number of hydrogen-bond acceptors (Lipinski definition) is 2. The van der Waals surface area contributed by atoms with Crippen molar-refractivity contribution in [2.75, 3.05) is 0 Å². The first kappa shape index (κ1) is 17.1. The molecule has 0 fully saturated rings. The Morgan fingerprint density at radius 2 is 1.83 bits per heavy atom. The molecule has 122 valence electrons. The molecule has 3 nitrogen and oxygen atoms in total. The number of ether oxygens (including phenoxy) is 1. The highest BCUT2D eigenvalue weighted by molar-refractivity contribution is 6.30. The first-order valence-corrected chi connectivity index (χ1v) is 6.94. The minimum Gasteiger partial charge on any atom is -0.478 e. The summed E-state index contributed by atoms with van der Waals surface area (Å²) < 4.78 is 43.4. The van der Waals surface area contributed by atoms with E-state index < -0.39 is 23.8 Å². The summed E-state index contributed by atoms with van der Waals surface area (Å²) in [5, 5.41) is 9.67. The third-order valence-electron chi connectivity index (χ3n) is 3.04. The van der Waals surface area contributed by atoms with Crippen LogP contribution in [0.5, 0.6) is 5.75 Å². The lowest BCUT2D eigenvalue weighted by atomic mass is 10.0. The number of carboxylic acids is 1. The maximum Gasteiger partial charge on any atom is 0.416 e. The summed E-state index contributed by atoms with van der Waals surface area (Å²) in [6.07, 6.45) is -5.98. The van der Waals surface area contributed by atoms with Crippen molar-refractivity contribution >= 4 is 17.6 Å². The van der Waals surface area contributed by atoms with Crippen LogP contribution >= 0.6 is 11.6 Å². The Morgan fingerprint density at radius 3 is 2.39 bits per heavy atom. The van der Waals surface area contributed by atoms with E-state index in [2.05, 4.69) is 0 Å². The van der Waals surface area contributed by atoms with Crippen LogP contribution in [0.1, 0.15) is 11.1 Å². The van der Waals surface area contributed by atoms with Crippen LogP contribution < -0.4 is 4.74 Å². The molecule has 0 aliphatic heterocycles. The van der Waals surface area contributed by atoms with Gasteiger partial charge in [-0.2, -0.15) is 13.2 Å². The van der Waals surface area contributed by atoms with E-state index in [0.717, 1.165) is 12.1 Å². The predicted octanol–water partition coefficient (Wildman–Crippen LogP) is 4.43. The minimum atomic E-state index is -4.48. The molecule has 1 atom stereocenters. The molecule has 0 amide bonds. The summed E-state index contributed by atoms with van der Waals surface area (Å²) in [5.74, 6) is -0.994. The summed E-state index contributed by atoms with van der Waals surface area (Å²) in [6, 6.07) is 10.5. The Labute approximate surface area is 135 Å². The number of benzene rings is 2. The van der Waals surface area contributed by atoms with Gasteiger partial charge in [-0.05, 0) is 35.9 Å². The third kappa shape index (κ3) is 4.89. The first-order chi connectivity index (χ1) is 10.8.